The lowest BCUT2D eigenvalue weighted by Crippen LogP contribution is -2.02. The summed E-state index contributed by atoms with van der Waals surface area (Å²) in [6.45, 7) is 0. The Labute approximate surface area is 171 Å². The fourth-order valence-electron chi connectivity index (χ4n) is 3.68. The zero-order chi connectivity index (χ0) is 20.7. The monoisotopic (exact) mass is 401 g/mol. The molecule has 1 N–H and O–H groups in total. The number of imidazole rings is 1. The molecule has 0 aliphatic rings. The Morgan fingerprint density at radius 1 is 0.733 bits per heavy atom. The number of hydrogen-bond acceptors (Lipinski definition) is 3. The van der Waals surface area contributed by atoms with Crippen molar-refractivity contribution in [1.29, 1.82) is 0 Å². The van der Waals surface area contributed by atoms with Gasteiger partial charge in [0, 0.05) is 25.0 Å². The lowest BCUT2D eigenvalue weighted by molar-refractivity contribution is 0.444. The third-order valence-corrected chi connectivity index (χ3v) is 5.12. The van der Waals surface area contributed by atoms with Crippen LogP contribution in [0.2, 0.25) is 0 Å². The van der Waals surface area contributed by atoms with Crippen molar-refractivity contribution in [2.45, 2.75) is 12.8 Å². The standard InChI is InChI=1S/C24H17F2N3O/c25-17-13-19-22(14-18(17)26)29-23(20(27-19)11-15-7-3-1-4-8-15)28-21(24(29)30)12-16-9-5-2-6-10-16/h1-10,13-14,30H,11-12H2. The van der Waals surface area contributed by atoms with Gasteiger partial charge >= 0.3 is 0 Å². The predicted octanol–water partition coefficient (Wildman–Crippen LogP) is 5.05. The van der Waals surface area contributed by atoms with Crippen molar-refractivity contribution >= 4 is 16.7 Å². The molecule has 0 amide bonds. The Bertz CT molecular complexity index is 1370. The van der Waals surface area contributed by atoms with Gasteiger partial charge in [-0.3, -0.25) is 4.40 Å². The number of nitrogens with zero attached hydrogens (tertiary/aromatic N) is 3. The van der Waals surface area contributed by atoms with Gasteiger partial charge in [0.25, 0.3) is 0 Å². The van der Waals surface area contributed by atoms with Crippen LogP contribution in [0.3, 0.4) is 0 Å². The molecular weight excluding hydrogens is 384 g/mol. The van der Waals surface area contributed by atoms with Crippen LogP contribution < -0.4 is 0 Å². The maximum Gasteiger partial charge on any atom is 0.220 e. The van der Waals surface area contributed by atoms with Gasteiger partial charge in [0.15, 0.2) is 17.3 Å². The summed E-state index contributed by atoms with van der Waals surface area (Å²) < 4.78 is 29.3. The molecule has 0 atom stereocenters. The normalized spacial score (nSPS) is 11.4. The second kappa shape index (κ2) is 7.22. The van der Waals surface area contributed by atoms with Crippen LogP contribution in [0.15, 0.2) is 72.8 Å². The van der Waals surface area contributed by atoms with E-state index in [1.807, 2.05) is 60.7 Å². The van der Waals surface area contributed by atoms with Gasteiger partial charge in [-0.25, -0.2) is 18.7 Å². The van der Waals surface area contributed by atoms with Crippen molar-refractivity contribution in [3.8, 4) is 5.88 Å². The molecule has 5 aromatic rings. The number of rotatable bonds is 4. The van der Waals surface area contributed by atoms with Crippen molar-refractivity contribution in [1.82, 2.24) is 14.4 Å². The summed E-state index contributed by atoms with van der Waals surface area (Å²) in [5.41, 5.74) is 3.97. The molecule has 0 aliphatic heterocycles. The molecule has 2 aromatic heterocycles. The van der Waals surface area contributed by atoms with Crippen molar-refractivity contribution < 1.29 is 13.9 Å². The lowest BCUT2D eigenvalue weighted by Gasteiger charge is -2.09. The summed E-state index contributed by atoms with van der Waals surface area (Å²) in [4.78, 5) is 9.20. The largest absolute Gasteiger partial charge is 0.493 e. The first-order chi connectivity index (χ1) is 14.6. The Balaban J connectivity index is 1.75. The first kappa shape index (κ1) is 18.2. The highest BCUT2D eigenvalue weighted by atomic mass is 19.2. The van der Waals surface area contributed by atoms with Gasteiger partial charge < -0.3 is 5.11 Å². The molecule has 0 unspecified atom stereocenters. The van der Waals surface area contributed by atoms with Crippen molar-refractivity contribution in [3.63, 3.8) is 0 Å². The minimum Gasteiger partial charge on any atom is -0.493 e. The summed E-state index contributed by atoms with van der Waals surface area (Å²) in [6, 6.07) is 21.4. The van der Waals surface area contributed by atoms with Gasteiger partial charge in [0.05, 0.1) is 16.7 Å². The smallest absolute Gasteiger partial charge is 0.220 e. The van der Waals surface area contributed by atoms with E-state index in [1.165, 1.54) is 4.40 Å². The fourth-order valence-corrected chi connectivity index (χ4v) is 3.68. The van der Waals surface area contributed by atoms with Crippen LogP contribution in [-0.4, -0.2) is 19.5 Å². The van der Waals surface area contributed by atoms with E-state index in [0.29, 0.717) is 29.9 Å². The minimum atomic E-state index is -1.00. The van der Waals surface area contributed by atoms with E-state index in [4.69, 9.17) is 0 Å². The summed E-state index contributed by atoms with van der Waals surface area (Å²) in [7, 11) is 0. The van der Waals surface area contributed by atoms with Crippen LogP contribution in [0.1, 0.15) is 22.5 Å². The van der Waals surface area contributed by atoms with Gasteiger partial charge in [-0.05, 0) is 11.1 Å². The molecule has 0 fully saturated rings. The lowest BCUT2D eigenvalue weighted by atomic mass is 10.1. The van der Waals surface area contributed by atoms with Crippen LogP contribution >= 0.6 is 0 Å². The summed E-state index contributed by atoms with van der Waals surface area (Å²) in [6.07, 6.45) is 0.852. The molecule has 0 bridgehead atoms. The molecule has 6 heteroatoms. The van der Waals surface area contributed by atoms with E-state index in [1.54, 1.807) is 0 Å². The molecule has 4 nitrogen and oxygen atoms in total. The van der Waals surface area contributed by atoms with Gasteiger partial charge in [-0.1, -0.05) is 60.7 Å². The molecule has 5 rings (SSSR count). The third-order valence-electron chi connectivity index (χ3n) is 5.12. The Morgan fingerprint density at radius 3 is 1.93 bits per heavy atom. The molecule has 148 valence electrons. The zero-order valence-corrected chi connectivity index (χ0v) is 15.9. The topological polar surface area (TPSA) is 50.4 Å². The summed E-state index contributed by atoms with van der Waals surface area (Å²) in [5.74, 6) is -2.08. The van der Waals surface area contributed by atoms with Gasteiger partial charge in [0.1, 0.15) is 5.69 Å². The SMILES string of the molecule is Oc1c(Cc2ccccc2)nc2c(Cc3ccccc3)nc3cc(F)c(F)cc3n12. The minimum absolute atomic E-state index is 0.0958. The second-order valence-corrected chi connectivity index (χ2v) is 7.18. The quantitative estimate of drug-likeness (QED) is 0.459. The highest BCUT2D eigenvalue weighted by Crippen LogP contribution is 2.30. The average Bonchev–Trinajstić information content (AvgIpc) is 3.08. The third kappa shape index (κ3) is 3.16. The predicted molar refractivity (Wildman–Crippen MR) is 111 cm³/mol. The Morgan fingerprint density at radius 2 is 1.30 bits per heavy atom. The second-order valence-electron chi connectivity index (χ2n) is 7.18. The van der Waals surface area contributed by atoms with Crippen LogP contribution in [0.25, 0.3) is 16.7 Å². The van der Waals surface area contributed by atoms with E-state index in [2.05, 4.69) is 9.97 Å². The van der Waals surface area contributed by atoms with Crippen molar-refractivity contribution in [2.24, 2.45) is 0 Å². The maximum absolute atomic E-state index is 14.0. The molecule has 0 saturated heterocycles. The number of aromatic nitrogens is 3. The molecule has 0 radical (unpaired) electrons. The highest BCUT2D eigenvalue weighted by molar-refractivity contribution is 5.80. The van der Waals surface area contributed by atoms with Gasteiger partial charge in [-0.2, -0.15) is 0 Å². The first-order valence-corrected chi connectivity index (χ1v) is 9.56. The van der Waals surface area contributed by atoms with Crippen molar-refractivity contribution in [2.75, 3.05) is 0 Å². The number of aromatic hydroxyl groups is 1. The van der Waals surface area contributed by atoms with E-state index in [9.17, 15) is 13.9 Å². The molecule has 3 aromatic carbocycles. The molecule has 0 aliphatic carbocycles. The van der Waals surface area contributed by atoms with Crippen LogP contribution in [-0.2, 0) is 12.8 Å². The Hall–Kier alpha value is -3.80. The molecule has 0 spiro atoms. The zero-order valence-electron chi connectivity index (χ0n) is 15.9. The van der Waals surface area contributed by atoms with E-state index in [-0.39, 0.29) is 16.9 Å². The average molecular weight is 401 g/mol. The molecule has 2 heterocycles. The van der Waals surface area contributed by atoms with Gasteiger partial charge in [0.2, 0.25) is 5.88 Å². The van der Waals surface area contributed by atoms with Crippen molar-refractivity contribution in [3.05, 3.63) is 107 Å². The molecule has 30 heavy (non-hydrogen) atoms. The molecule has 0 saturated carbocycles. The summed E-state index contributed by atoms with van der Waals surface area (Å²) in [5, 5.41) is 11.0. The fraction of sp³-hybridized carbons (Fsp3) is 0.0833. The first-order valence-electron chi connectivity index (χ1n) is 9.56. The van der Waals surface area contributed by atoms with E-state index in [0.717, 1.165) is 23.3 Å². The number of benzene rings is 3. The van der Waals surface area contributed by atoms with Crippen LogP contribution in [0.5, 0.6) is 5.88 Å². The van der Waals surface area contributed by atoms with Gasteiger partial charge in [-0.15, -0.1) is 0 Å². The number of fused-ring (bicyclic) bond motifs is 3. The maximum atomic E-state index is 14.0. The number of halogens is 2. The van der Waals surface area contributed by atoms with Crippen LogP contribution in [0, 0.1) is 11.6 Å². The van der Waals surface area contributed by atoms with E-state index >= 15 is 0 Å². The van der Waals surface area contributed by atoms with E-state index < -0.39 is 11.6 Å². The van der Waals surface area contributed by atoms with Crippen LogP contribution in [0.4, 0.5) is 8.78 Å². The highest BCUT2D eigenvalue weighted by Gasteiger charge is 2.20. The number of hydrogen-bond donors (Lipinski definition) is 1. The summed E-state index contributed by atoms with van der Waals surface area (Å²) >= 11 is 0. The molecular formula is C24H17F2N3O. The Kier molecular flexibility index (Phi) is 4.39.